The average molecular weight is 518 g/mol. The van der Waals surface area contributed by atoms with Gasteiger partial charge in [0.05, 0.1) is 0 Å². The largest absolute Gasteiger partial charge is 0.480 e. The third-order valence-electron chi connectivity index (χ3n) is 4.64. The van der Waals surface area contributed by atoms with Gasteiger partial charge in [-0.15, -0.1) is 11.8 Å². The maximum atomic E-state index is 12.9. The minimum absolute atomic E-state index is 0.107. The topological polar surface area (TPSA) is 66.4 Å². The molecular weight excluding hydrogens is 495 g/mol. The fourth-order valence-electron chi connectivity index (χ4n) is 2.92. The van der Waals surface area contributed by atoms with Gasteiger partial charge in [-0.3, -0.25) is 9.59 Å². The number of carbonyl (C=O) groups excluding carboxylic acids is 1. The summed E-state index contributed by atoms with van der Waals surface area (Å²) in [5.74, 6) is -1.71. The molecule has 1 amide bonds. The SMILES string of the molecule is Cc1cc(SC(CCC(F)(F)F)c2ccc(C(=O)NC(C)C(=O)O)cc2)cc(C)c1Br. The molecule has 2 N–H and O–H groups in total. The normalized spacial score (nSPS) is 13.5. The van der Waals surface area contributed by atoms with Crippen LogP contribution in [0.5, 0.6) is 0 Å². The zero-order valence-electron chi connectivity index (χ0n) is 17.2. The van der Waals surface area contributed by atoms with Gasteiger partial charge in [0.15, 0.2) is 0 Å². The van der Waals surface area contributed by atoms with Crippen molar-refractivity contribution >= 4 is 39.6 Å². The Kier molecular flexibility index (Phi) is 8.59. The van der Waals surface area contributed by atoms with Crippen molar-refractivity contribution in [1.29, 1.82) is 0 Å². The number of nitrogens with one attached hydrogen (secondary N) is 1. The van der Waals surface area contributed by atoms with E-state index in [0.717, 1.165) is 20.5 Å². The third kappa shape index (κ3) is 7.57. The Balaban J connectivity index is 2.25. The van der Waals surface area contributed by atoms with E-state index in [1.54, 1.807) is 12.1 Å². The number of carboxylic acid groups (broad SMARTS) is 1. The number of halogens is 4. The van der Waals surface area contributed by atoms with Crippen LogP contribution in [0.1, 0.15) is 52.1 Å². The Bertz CT molecular complexity index is 925. The monoisotopic (exact) mass is 517 g/mol. The van der Waals surface area contributed by atoms with Crippen LogP contribution in [0.4, 0.5) is 13.2 Å². The summed E-state index contributed by atoms with van der Waals surface area (Å²) >= 11 is 4.85. The van der Waals surface area contributed by atoms with Gasteiger partial charge in [0, 0.05) is 26.6 Å². The lowest BCUT2D eigenvalue weighted by molar-refractivity contribution is -0.139. The summed E-state index contributed by atoms with van der Waals surface area (Å²) in [5.41, 5.74) is 2.90. The van der Waals surface area contributed by atoms with Crippen LogP contribution in [-0.4, -0.2) is 29.2 Å². The summed E-state index contributed by atoms with van der Waals surface area (Å²) in [7, 11) is 0. The van der Waals surface area contributed by atoms with Crippen molar-refractivity contribution in [2.45, 2.75) is 56.0 Å². The summed E-state index contributed by atoms with van der Waals surface area (Å²) in [6.45, 7) is 5.20. The van der Waals surface area contributed by atoms with Crippen LogP contribution in [0.15, 0.2) is 45.8 Å². The number of thioether (sulfide) groups is 1. The first-order valence-corrected chi connectivity index (χ1v) is 11.2. The highest BCUT2D eigenvalue weighted by Crippen LogP contribution is 2.42. The summed E-state index contributed by atoms with van der Waals surface area (Å²) in [6, 6.07) is 9.04. The van der Waals surface area contributed by atoms with E-state index in [1.165, 1.54) is 30.8 Å². The maximum absolute atomic E-state index is 12.9. The van der Waals surface area contributed by atoms with Gasteiger partial charge in [-0.25, -0.2) is 0 Å². The molecule has 0 aliphatic carbocycles. The molecule has 0 heterocycles. The van der Waals surface area contributed by atoms with Gasteiger partial charge in [0.25, 0.3) is 5.91 Å². The van der Waals surface area contributed by atoms with Gasteiger partial charge in [-0.2, -0.15) is 13.2 Å². The second kappa shape index (κ2) is 10.5. The van der Waals surface area contributed by atoms with Crippen molar-refractivity contribution in [3.05, 3.63) is 63.1 Å². The Morgan fingerprint density at radius 2 is 1.68 bits per heavy atom. The minimum atomic E-state index is -4.27. The molecule has 0 saturated carbocycles. The molecule has 168 valence electrons. The molecule has 2 rings (SSSR count). The predicted molar refractivity (Wildman–Crippen MR) is 119 cm³/mol. The first-order valence-electron chi connectivity index (χ1n) is 9.51. The molecule has 0 fully saturated rings. The lowest BCUT2D eigenvalue weighted by atomic mass is 10.0. The minimum Gasteiger partial charge on any atom is -0.480 e. The fraction of sp³-hybridized carbons (Fsp3) is 0.364. The zero-order valence-corrected chi connectivity index (χ0v) is 19.6. The smallest absolute Gasteiger partial charge is 0.389 e. The third-order valence-corrected chi connectivity index (χ3v) is 7.19. The predicted octanol–water partition coefficient (Wildman–Crippen LogP) is 6.44. The Morgan fingerprint density at radius 3 is 2.16 bits per heavy atom. The number of rotatable bonds is 8. The van der Waals surface area contributed by atoms with Crippen molar-refractivity contribution in [2.24, 2.45) is 0 Å². The second-order valence-corrected chi connectivity index (χ2v) is 9.36. The standard InChI is InChI=1S/C22H23BrF3NO3S/c1-12-10-17(11-13(2)19(12)23)31-18(8-9-22(24,25)26)15-4-6-16(7-5-15)20(28)27-14(3)21(29)30/h4-7,10-11,14,18H,8-9H2,1-3H3,(H,27,28)(H,29,30). The van der Waals surface area contributed by atoms with Gasteiger partial charge in [0.1, 0.15) is 6.04 Å². The van der Waals surface area contributed by atoms with Gasteiger partial charge in [0.2, 0.25) is 0 Å². The van der Waals surface area contributed by atoms with E-state index in [2.05, 4.69) is 21.2 Å². The van der Waals surface area contributed by atoms with E-state index in [4.69, 9.17) is 5.11 Å². The van der Waals surface area contributed by atoms with Crippen LogP contribution >= 0.6 is 27.7 Å². The number of hydrogen-bond acceptors (Lipinski definition) is 3. The quantitative estimate of drug-likeness (QED) is 0.395. The molecule has 31 heavy (non-hydrogen) atoms. The molecule has 0 spiro atoms. The summed E-state index contributed by atoms with van der Waals surface area (Å²) < 4.78 is 39.6. The second-order valence-electron chi connectivity index (χ2n) is 7.29. The molecule has 2 unspecified atom stereocenters. The van der Waals surface area contributed by atoms with E-state index in [1.807, 2.05) is 26.0 Å². The van der Waals surface area contributed by atoms with E-state index in [-0.39, 0.29) is 12.0 Å². The summed E-state index contributed by atoms with van der Waals surface area (Å²) in [6.07, 6.45) is -5.29. The van der Waals surface area contributed by atoms with Crippen LogP contribution in [0.25, 0.3) is 0 Å². The van der Waals surface area contributed by atoms with Crippen molar-refractivity contribution in [3.63, 3.8) is 0 Å². The van der Waals surface area contributed by atoms with Crippen molar-refractivity contribution in [3.8, 4) is 0 Å². The molecule has 4 nitrogen and oxygen atoms in total. The number of hydrogen-bond donors (Lipinski definition) is 2. The maximum Gasteiger partial charge on any atom is 0.389 e. The Morgan fingerprint density at radius 1 is 1.13 bits per heavy atom. The molecule has 0 aromatic heterocycles. The highest BCUT2D eigenvalue weighted by atomic mass is 79.9. The van der Waals surface area contributed by atoms with Crippen LogP contribution < -0.4 is 5.32 Å². The lowest BCUT2D eigenvalue weighted by Gasteiger charge is -2.19. The Hall–Kier alpha value is -2.00. The first-order chi connectivity index (χ1) is 14.4. The van der Waals surface area contributed by atoms with Gasteiger partial charge in [-0.1, -0.05) is 28.1 Å². The molecule has 0 aliphatic heterocycles. The highest BCUT2D eigenvalue weighted by molar-refractivity contribution is 9.10. The number of aryl methyl sites for hydroxylation is 2. The van der Waals surface area contributed by atoms with Crippen LogP contribution in [0, 0.1) is 13.8 Å². The van der Waals surface area contributed by atoms with Crippen LogP contribution in [0.3, 0.4) is 0 Å². The van der Waals surface area contributed by atoms with Crippen LogP contribution in [-0.2, 0) is 4.79 Å². The lowest BCUT2D eigenvalue weighted by Crippen LogP contribution is -2.38. The van der Waals surface area contributed by atoms with Crippen molar-refractivity contribution < 1.29 is 27.9 Å². The number of amides is 1. The fourth-order valence-corrected chi connectivity index (χ4v) is 4.49. The molecule has 0 bridgehead atoms. The molecule has 0 aliphatic rings. The Labute approximate surface area is 191 Å². The number of carbonyl (C=O) groups is 2. The molecule has 2 atom stereocenters. The van der Waals surface area contributed by atoms with Crippen LogP contribution in [0.2, 0.25) is 0 Å². The molecule has 9 heteroatoms. The van der Waals surface area contributed by atoms with E-state index >= 15 is 0 Å². The summed E-state index contributed by atoms with van der Waals surface area (Å²) in [5, 5.41) is 10.8. The summed E-state index contributed by atoms with van der Waals surface area (Å²) in [4.78, 5) is 23.9. The van der Waals surface area contributed by atoms with Gasteiger partial charge in [-0.05, 0) is 68.1 Å². The van der Waals surface area contributed by atoms with Gasteiger partial charge < -0.3 is 10.4 Å². The van der Waals surface area contributed by atoms with Gasteiger partial charge >= 0.3 is 12.1 Å². The molecular formula is C22H23BrF3NO3S. The van der Waals surface area contributed by atoms with E-state index in [9.17, 15) is 22.8 Å². The molecule has 2 aromatic rings. The van der Waals surface area contributed by atoms with Crippen molar-refractivity contribution in [1.82, 2.24) is 5.32 Å². The highest BCUT2D eigenvalue weighted by Gasteiger charge is 2.29. The molecule has 0 saturated heterocycles. The first kappa shape index (κ1) is 25.3. The number of benzene rings is 2. The number of aliphatic carboxylic acids is 1. The average Bonchev–Trinajstić information content (AvgIpc) is 2.68. The van der Waals surface area contributed by atoms with E-state index in [0.29, 0.717) is 5.56 Å². The number of carboxylic acids is 1. The van der Waals surface area contributed by atoms with E-state index < -0.39 is 35.8 Å². The molecule has 2 aromatic carbocycles. The zero-order chi connectivity index (χ0) is 23.3. The molecule has 0 radical (unpaired) electrons. The van der Waals surface area contributed by atoms with Crippen molar-refractivity contribution in [2.75, 3.05) is 0 Å². The number of alkyl halides is 3.